The van der Waals surface area contributed by atoms with E-state index in [0.29, 0.717) is 46.9 Å². The van der Waals surface area contributed by atoms with E-state index in [2.05, 4.69) is 26.0 Å². The summed E-state index contributed by atoms with van der Waals surface area (Å²) in [7, 11) is 0. The largest absolute Gasteiger partial charge is 0.508 e. The van der Waals surface area contributed by atoms with Gasteiger partial charge in [0.25, 0.3) is 0 Å². The topological polar surface area (TPSA) is 73.8 Å². The Balaban J connectivity index is 1.27. The van der Waals surface area contributed by atoms with Crippen molar-refractivity contribution in [3.05, 3.63) is 53.6 Å². The zero-order chi connectivity index (χ0) is 30.2. The van der Waals surface area contributed by atoms with E-state index in [9.17, 15) is 13.9 Å². The van der Waals surface area contributed by atoms with E-state index in [1.807, 2.05) is 0 Å². The number of nitrogens with zero attached hydrogens (tertiary/aromatic N) is 4. The van der Waals surface area contributed by atoms with Gasteiger partial charge in [-0.3, -0.25) is 4.90 Å². The number of nitrogens with one attached hydrogen (secondary N) is 1. The van der Waals surface area contributed by atoms with Crippen LogP contribution >= 0.6 is 0 Å². The number of phenols is 1. The molecule has 7 nitrogen and oxygen atoms in total. The summed E-state index contributed by atoms with van der Waals surface area (Å²) in [6.45, 7) is 3.92. The molecular weight excluding hydrogens is 567 g/mol. The molecule has 4 atom stereocenters. The number of phenolic OH excluding ortho intramolecular Hbond substituents is 1. The monoisotopic (exact) mass is 599 g/mol. The number of fused-ring (bicyclic) bond motifs is 4. The van der Waals surface area contributed by atoms with Gasteiger partial charge in [0, 0.05) is 48.4 Å². The number of ether oxygens (including phenoxy) is 1. The van der Waals surface area contributed by atoms with E-state index in [4.69, 9.17) is 16.1 Å². The zero-order valence-corrected chi connectivity index (χ0v) is 24.1. The quantitative estimate of drug-likeness (QED) is 0.307. The highest BCUT2D eigenvalue weighted by molar-refractivity contribution is 6.04. The summed E-state index contributed by atoms with van der Waals surface area (Å²) >= 11 is 0. The molecule has 0 saturated carbocycles. The SMILES string of the molecule is C#Cc1c(F)ccc2cc(O)cc(-c3ccc4c(N5CC6CCNC6C5)nc(OC[C@@]56CCCN5C[C@H](F)C6)nc4c3F)c12. The maximum atomic E-state index is 16.8. The fourth-order valence-corrected chi connectivity index (χ4v) is 8.09. The van der Waals surface area contributed by atoms with Gasteiger partial charge in [-0.15, -0.1) is 6.42 Å². The molecule has 10 heteroatoms. The smallest absolute Gasteiger partial charge is 0.319 e. The Kier molecular flexibility index (Phi) is 6.40. The molecule has 5 heterocycles. The second-order valence-corrected chi connectivity index (χ2v) is 12.7. The number of anilines is 1. The number of benzene rings is 3. The number of aromatic hydroxyl groups is 1. The Morgan fingerprint density at radius 3 is 2.84 bits per heavy atom. The minimum Gasteiger partial charge on any atom is -0.508 e. The first kappa shape index (κ1) is 27.5. The predicted molar refractivity (Wildman–Crippen MR) is 163 cm³/mol. The number of terminal acetylenes is 1. The molecular formula is C34H32F3N5O2. The van der Waals surface area contributed by atoms with Crippen molar-refractivity contribution < 1.29 is 23.0 Å². The summed E-state index contributed by atoms with van der Waals surface area (Å²) in [6.07, 6.45) is 8.04. The normalized spacial score (nSPS) is 26.4. The van der Waals surface area contributed by atoms with Gasteiger partial charge in [0.2, 0.25) is 0 Å². The number of halogens is 3. The van der Waals surface area contributed by atoms with Crippen LogP contribution in [0.25, 0.3) is 32.8 Å². The van der Waals surface area contributed by atoms with Gasteiger partial charge in [-0.1, -0.05) is 18.1 Å². The molecule has 2 N–H and O–H groups in total. The van der Waals surface area contributed by atoms with Gasteiger partial charge in [0.1, 0.15) is 35.7 Å². The Bertz CT molecular complexity index is 1850. The third-order valence-corrected chi connectivity index (χ3v) is 10.1. The van der Waals surface area contributed by atoms with Gasteiger partial charge in [0.05, 0.1) is 11.1 Å². The van der Waals surface area contributed by atoms with Crippen LogP contribution in [0.15, 0.2) is 36.4 Å². The average Bonchev–Trinajstić information content (AvgIpc) is 3.77. The van der Waals surface area contributed by atoms with Crippen molar-refractivity contribution in [1.29, 1.82) is 0 Å². The van der Waals surface area contributed by atoms with Crippen LogP contribution in [0.1, 0.15) is 31.2 Å². The Labute approximate surface area is 253 Å². The van der Waals surface area contributed by atoms with E-state index in [-0.39, 0.29) is 40.6 Å². The predicted octanol–water partition coefficient (Wildman–Crippen LogP) is 5.17. The van der Waals surface area contributed by atoms with Crippen LogP contribution < -0.4 is 15.0 Å². The number of rotatable bonds is 5. The maximum Gasteiger partial charge on any atom is 0.319 e. The maximum absolute atomic E-state index is 16.8. The zero-order valence-electron chi connectivity index (χ0n) is 24.1. The van der Waals surface area contributed by atoms with Crippen LogP contribution in [0.5, 0.6) is 11.8 Å². The summed E-state index contributed by atoms with van der Waals surface area (Å²) in [5.74, 6) is 2.08. The highest BCUT2D eigenvalue weighted by Gasteiger charge is 2.49. The fourth-order valence-electron chi connectivity index (χ4n) is 8.09. The number of hydrogen-bond acceptors (Lipinski definition) is 7. The molecule has 0 aliphatic carbocycles. The van der Waals surface area contributed by atoms with Gasteiger partial charge in [-0.2, -0.15) is 9.97 Å². The summed E-state index contributed by atoms with van der Waals surface area (Å²) in [5.41, 5.74) is 0.00706. The molecule has 0 spiro atoms. The lowest BCUT2D eigenvalue weighted by atomic mass is 9.93. The van der Waals surface area contributed by atoms with Crippen molar-refractivity contribution in [3.8, 4) is 35.2 Å². The van der Waals surface area contributed by atoms with E-state index in [1.165, 1.54) is 24.3 Å². The van der Waals surface area contributed by atoms with Crippen molar-refractivity contribution in [2.24, 2.45) is 5.92 Å². The minimum atomic E-state index is -0.904. The second kappa shape index (κ2) is 10.2. The van der Waals surface area contributed by atoms with Crippen molar-refractivity contribution >= 4 is 27.5 Å². The van der Waals surface area contributed by atoms with E-state index in [0.717, 1.165) is 45.4 Å². The molecule has 0 amide bonds. The molecule has 0 radical (unpaired) electrons. The first-order valence-corrected chi connectivity index (χ1v) is 15.3. The molecule has 226 valence electrons. The van der Waals surface area contributed by atoms with Crippen LogP contribution in [0.4, 0.5) is 19.0 Å². The molecule has 4 aromatic rings. The molecule has 44 heavy (non-hydrogen) atoms. The van der Waals surface area contributed by atoms with Gasteiger partial charge >= 0.3 is 6.01 Å². The second-order valence-electron chi connectivity index (χ2n) is 12.7. The highest BCUT2D eigenvalue weighted by Crippen LogP contribution is 2.43. The first-order chi connectivity index (χ1) is 21.3. The average molecular weight is 600 g/mol. The first-order valence-electron chi connectivity index (χ1n) is 15.3. The molecule has 1 aromatic heterocycles. The fraction of sp³-hybridized carbons (Fsp3) is 0.412. The molecule has 4 aliphatic rings. The number of aromatic nitrogens is 2. The number of alkyl halides is 1. The van der Waals surface area contributed by atoms with Crippen molar-refractivity contribution in [1.82, 2.24) is 20.2 Å². The lowest BCUT2D eigenvalue weighted by Gasteiger charge is -2.31. The lowest BCUT2D eigenvalue weighted by Crippen LogP contribution is -2.43. The molecule has 2 unspecified atom stereocenters. The third-order valence-electron chi connectivity index (χ3n) is 10.1. The van der Waals surface area contributed by atoms with E-state index in [1.54, 1.807) is 12.1 Å². The molecule has 4 fully saturated rings. The minimum absolute atomic E-state index is 0.0105. The summed E-state index contributed by atoms with van der Waals surface area (Å²) in [4.78, 5) is 13.7. The highest BCUT2D eigenvalue weighted by atomic mass is 19.1. The number of hydrogen-bond donors (Lipinski definition) is 2. The van der Waals surface area contributed by atoms with Crippen LogP contribution in [0, 0.1) is 29.9 Å². The van der Waals surface area contributed by atoms with Crippen LogP contribution in [-0.2, 0) is 0 Å². The summed E-state index contributed by atoms with van der Waals surface area (Å²) in [5, 5.41) is 15.4. The standard InChI is InChI=1S/C34H32F3N5O2/c1-2-23-27(36)7-4-19-12-22(43)13-26(29(19)23)24-5-6-25-31(30(24)37)39-33(40-32(25)41-15-20-8-10-38-28(20)17-41)44-18-34-9-3-11-42(34)16-21(35)14-34/h1,4-7,12-13,20-21,28,38,43H,3,8-11,14-18H2/t20?,21-,28?,34+/m1/s1. The van der Waals surface area contributed by atoms with Gasteiger partial charge in [0.15, 0.2) is 5.82 Å². The van der Waals surface area contributed by atoms with Crippen LogP contribution in [0.3, 0.4) is 0 Å². The van der Waals surface area contributed by atoms with Gasteiger partial charge in [-0.25, -0.2) is 13.2 Å². The molecule has 8 rings (SSSR count). The van der Waals surface area contributed by atoms with E-state index >= 15 is 4.39 Å². The Morgan fingerprint density at radius 1 is 1.11 bits per heavy atom. The van der Waals surface area contributed by atoms with E-state index < -0.39 is 23.3 Å². The van der Waals surface area contributed by atoms with Gasteiger partial charge < -0.3 is 20.1 Å². The van der Waals surface area contributed by atoms with Gasteiger partial charge in [-0.05, 0) is 73.5 Å². The Hall–Kier alpha value is -4.07. The molecule has 4 saturated heterocycles. The Morgan fingerprint density at radius 2 is 2.00 bits per heavy atom. The van der Waals surface area contributed by atoms with Crippen LogP contribution in [0.2, 0.25) is 0 Å². The lowest BCUT2D eigenvalue weighted by molar-refractivity contribution is 0.107. The molecule has 4 aliphatic heterocycles. The van der Waals surface area contributed by atoms with Crippen molar-refractivity contribution in [2.45, 2.75) is 43.4 Å². The summed E-state index contributed by atoms with van der Waals surface area (Å²) < 4.78 is 52.2. The van der Waals surface area contributed by atoms with Crippen LogP contribution in [-0.4, -0.2) is 77.1 Å². The summed E-state index contributed by atoms with van der Waals surface area (Å²) in [6, 6.07) is 9.34. The third kappa shape index (κ3) is 4.28. The molecule has 0 bridgehead atoms. The van der Waals surface area contributed by atoms with Crippen molar-refractivity contribution in [2.75, 3.05) is 44.2 Å². The van der Waals surface area contributed by atoms with Crippen molar-refractivity contribution in [3.63, 3.8) is 0 Å². The molecule has 3 aromatic carbocycles.